The Morgan fingerprint density at radius 3 is 2.00 bits per heavy atom. The third-order valence-electron chi connectivity index (χ3n) is 11.3. The van der Waals surface area contributed by atoms with E-state index in [2.05, 4.69) is 0 Å². The lowest BCUT2D eigenvalue weighted by molar-refractivity contribution is -0.143. The third kappa shape index (κ3) is 5.31. The number of imide groups is 1. The zero-order valence-corrected chi connectivity index (χ0v) is 28.0. The van der Waals surface area contributed by atoms with Gasteiger partial charge in [-0.1, -0.05) is 72.3 Å². The number of nitrogens with zero attached hydrogens (tertiary/aromatic N) is 1. The molecule has 7 nitrogen and oxygen atoms in total. The largest absolute Gasteiger partial charge is 0.463 e. The summed E-state index contributed by atoms with van der Waals surface area (Å²) in [4.78, 5) is 58.7. The smallest absolute Gasteiger partial charge is 0.416 e. The zero-order chi connectivity index (χ0) is 38.3. The van der Waals surface area contributed by atoms with Crippen LogP contribution in [0, 0.1) is 23.7 Å². The number of furan rings is 1. The number of aliphatic hydroxyl groups is 1. The number of ketones is 2. The van der Waals surface area contributed by atoms with Gasteiger partial charge >= 0.3 is 12.4 Å². The number of hydrogen-bond acceptors (Lipinski definition) is 6. The van der Waals surface area contributed by atoms with Crippen LogP contribution in [-0.2, 0) is 43.6 Å². The molecule has 0 bridgehead atoms. The third-order valence-corrected chi connectivity index (χ3v) is 11.3. The number of fused-ring (bicyclic) bond motifs is 4. The fourth-order valence-corrected chi connectivity index (χ4v) is 9.14. The molecule has 2 fully saturated rings. The average Bonchev–Trinajstić information content (AvgIpc) is 3.73. The normalized spacial score (nSPS) is 26.9. The van der Waals surface area contributed by atoms with E-state index in [1.165, 1.54) is 12.1 Å². The Labute approximate surface area is 303 Å². The van der Waals surface area contributed by atoms with Crippen LogP contribution in [0.3, 0.4) is 0 Å². The molecular formula is C41H29F6NO6. The van der Waals surface area contributed by atoms with Crippen LogP contribution in [0.15, 0.2) is 113 Å². The predicted octanol–water partition coefficient (Wildman–Crippen LogP) is 7.84. The van der Waals surface area contributed by atoms with Gasteiger partial charge in [-0.25, -0.2) is 4.90 Å². The first-order valence-electron chi connectivity index (χ1n) is 17.1. The summed E-state index contributed by atoms with van der Waals surface area (Å²) in [6.07, 6.45) is -7.74. The maximum atomic E-state index is 15.0. The molecule has 1 saturated heterocycles. The van der Waals surface area contributed by atoms with Crippen molar-refractivity contribution in [2.24, 2.45) is 23.7 Å². The van der Waals surface area contributed by atoms with Gasteiger partial charge in [0.15, 0.2) is 11.6 Å². The minimum Gasteiger partial charge on any atom is -0.463 e. The summed E-state index contributed by atoms with van der Waals surface area (Å²) in [6, 6.07) is 20.8. The van der Waals surface area contributed by atoms with E-state index < -0.39 is 94.2 Å². The van der Waals surface area contributed by atoms with Gasteiger partial charge in [0, 0.05) is 11.5 Å². The SMILES string of the molecule is O=C1C(c2ccccc2)=CC(=O)C2(c3ccccc3)C1CC1C(=CCC3C(=O)N(c4cc(C(F)(F)F)cc(C(F)(F)F)c4)C(=O)C31)C2c1ccc(CO)o1. The molecule has 1 aliphatic heterocycles. The monoisotopic (exact) mass is 745 g/mol. The molecule has 2 heterocycles. The zero-order valence-electron chi connectivity index (χ0n) is 28.0. The predicted molar refractivity (Wildman–Crippen MR) is 180 cm³/mol. The highest BCUT2D eigenvalue weighted by Crippen LogP contribution is 2.64. The Morgan fingerprint density at radius 1 is 0.778 bits per heavy atom. The molecular weight excluding hydrogens is 716 g/mol. The van der Waals surface area contributed by atoms with Crippen molar-refractivity contribution in [3.63, 3.8) is 0 Å². The number of carbonyl (C=O) groups excluding carboxylic acids is 4. The molecule has 0 spiro atoms. The number of amides is 2. The standard InChI is InChI=1S/C41H29F6NO6/c42-40(43,44)23-15-24(41(45,46)47)17-25(16-23)48-37(52)28-13-12-27-30(34(28)38(48)53)18-31-36(51)29(21-7-3-1-4-8-21)19-33(50)39(31,22-9-5-2-6-10-22)35(27)32-14-11-26(20-49)54-32/h1-12,14-17,19,28,30-31,34-35,49H,13,18,20H2. The number of Topliss-reactive ketones (excluding diaryl/α,β-unsaturated/α-hetero) is 1. The quantitative estimate of drug-likeness (QED) is 0.127. The molecule has 1 saturated carbocycles. The van der Waals surface area contributed by atoms with E-state index in [-0.39, 0.29) is 36.0 Å². The van der Waals surface area contributed by atoms with Gasteiger partial charge in [0.2, 0.25) is 11.8 Å². The van der Waals surface area contributed by atoms with E-state index >= 15 is 0 Å². The van der Waals surface area contributed by atoms with Gasteiger partial charge in [0.05, 0.1) is 40.0 Å². The van der Waals surface area contributed by atoms with E-state index in [0.717, 1.165) is 0 Å². The summed E-state index contributed by atoms with van der Waals surface area (Å²) in [5.74, 6) is -8.14. The topological polar surface area (TPSA) is 105 Å². The fraction of sp³-hybridized carbons (Fsp3) is 0.268. The Balaban J connectivity index is 1.32. The van der Waals surface area contributed by atoms with Gasteiger partial charge in [-0.3, -0.25) is 19.2 Å². The van der Waals surface area contributed by atoms with E-state index in [1.807, 2.05) is 0 Å². The number of carbonyl (C=O) groups is 4. The molecule has 6 unspecified atom stereocenters. The number of alkyl halides is 6. The summed E-state index contributed by atoms with van der Waals surface area (Å²) in [6.45, 7) is -0.495. The lowest BCUT2D eigenvalue weighted by Gasteiger charge is -2.54. The molecule has 8 rings (SSSR count). The van der Waals surface area contributed by atoms with Crippen LogP contribution in [0.2, 0.25) is 0 Å². The van der Waals surface area contributed by atoms with Crippen LogP contribution in [0.1, 0.15) is 52.5 Å². The minimum atomic E-state index is -5.23. The molecule has 1 N–H and O–H groups in total. The Hall–Kier alpha value is -5.56. The summed E-state index contributed by atoms with van der Waals surface area (Å²) in [5, 5.41) is 9.95. The second kappa shape index (κ2) is 12.5. The highest BCUT2D eigenvalue weighted by molar-refractivity contribution is 6.32. The van der Waals surface area contributed by atoms with Crippen LogP contribution >= 0.6 is 0 Å². The van der Waals surface area contributed by atoms with Crippen LogP contribution in [0.25, 0.3) is 5.57 Å². The van der Waals surface area contributed by atoms with Gasteiger partial charge in [-0.05, 0) is 66.3 Å². The average molecular weight is 746 g/mol. The summed E-state index contributed by atoms with van der Waals surface area (Å²) in [7, 11) is 0. The molecule has 4 aromatic rings. The molecule has 1 aromatic heterocycles. The molecule has 0 radical (unpaired) electrons. The number of hydrogen-bond donors (Lipinski definition) is 1. The first-order chi connectivity index (χ1) is 25.7. The van der Waals surface area contributed by atoms with Gasteiger partial charge in [0.25, 0.3) is 0 Å². The Kier molecular flexibility index (Phi) is 8.22. The van der Waals surface area contributed by atoms with Crippen molar-refractivity contribution in [3.8, 4) is 0 Å². The number of benzene rings is 3. The van der Waals surface area contributed by atoms with Crippen molar-refractivity contribution in [3.05, 3.63) is 142 Å². The number of anilines is 1. The molecule has 3 aliphatic carbocycles. The maximum Gasteiger partial charge on any atom is 0.416 e. The van der Waals surface area contributed by atoms with Gasteiger partial charge in [-0.2, -0.15) is 26.3 Å². The van der Waals surface area contributed by atoms with Crippen LogP contribution in [0.5, 0.6) is 0 Å². The molecule has 4 aliphatic rings. The summed E-state index contributed by atoms with van der Waals surface area (Å²) in [5.41, 5.74) is -4.33. The minimum absolute atomic E-state index is 0.0797. The maximum absolute atomic E-state index is 15.0. The lowest BCUT2D eigenvalue weighted by Crippen LogP contribution is -2.58. The highest BCUT2D eigenvalue weighted by atomic mass is 19.4. The van der Waals surface area contributed by atoms with Gasteiger partial charge in [-0.15, -0.1) is 0 Å². The molecule has 2 amide bonds. The van der Waals surface area contributed by atoms with E-state index in [9.17, 15) is 50.6 Å². The first-order valence-corrected chi connectivity index (χ1v) is 17.1. The lowest BCUT2D eigenvalue weighted by atomic mass is 9.45. The fourth-order valence-electron chi connectivity index (χ4n) is 9.14. The van der Waals surface area contributed by atoms with E-state index in [1.54, 1.807) is 72.8 Å². The molecule has 13 heteroatoms. The van der Waals surface area contributed by atoms with E-state index in [4.69, 9.17) is 4.42 Å². The van der Waals surface area contributed by atoms with Crippen molar-refractivity contribution in [2.75, 3.05) is 4.90 Å². The van der Waals surface area contributed by atoms with Crippen molar-refractivity contribution in [2.45, 2.75) is 43.1 Å². The van der Waals surface area contributed by atoms with Crippen molar-refractivity contribution in [1.82, 2.24) is 0 Å². The van der Waals surface area contributed by atoms with Crippen LogP contribution < -0.4 is 4.90 Å². The van der Waals surface area contributed by atoms with Gasteiger partial charge in [0.1, 0.15) is 18.1 Å². The number of allylic oxidation sites excluding steroid dienone is 4. The van der Waals surface area contributed by atoms with Crippen LogP contribution in [0.4, 0.5) is 32.0 Å². The Bertz CT molecular complexity index is 2240. The van der Waals surface area contributed by atoms with E-state index in [0.29, 0.717) is 33.7 Å². The molecule has 3 aromatic carbocycles. The number of halogens is 6. The molecule has 54 heavy (non-hydrogen) atoms. The highest BCUT2D eigenvalue weighted by Gasteiger charge is 2.66. The summed E-state index contributed by atoms with van der Waals surface area (Å²) < 4.78 is 89.3. The second-order valence-corrected chi connectivity index (χ2v) is 14.0. The van der Waals surface area contributed by atoms with Crippen molar-refractivity contribution in [1.29, 1.82) is 0 Å². The van der Waals surface area contributed by atoms with Crippen LogP contribution in [-0.4, -0.2) is 28.5 Å². The molecule has 6 atom stereocenters. The number of aliphatic hydroxyl groups excluding tert-OH is 1. The van der Waals surface area contributed by atoms with Crippen molar-refractivity contribution < 1.29 is 55.0 Å². The van der Waals surface area contributed by atoms with Crippen molar-refractivity contribution >= 4 is 34.6 Å². The first kappa shape index (κ1) is 35.5. The molecule has 276 valence electrons. The van der Waals surface area contributed by atoms with Gasteiger partial charge < -0.3 is 9.52 Å². The second-order valence-electron chi connectivity index (χ2n) is 14.0. The Morgan fingerprint density at radius 2 is 1.41 bits per heavy atom. The number of rotatable bonds is 5. The summed E-state index contributed by atoms with van der Waals surface area (Å²) >= 11 is 0.